The number of pyridine rings is 1. The maximum Gasteiger partial charge on any atom is 0.231 e. The van der Waals surface area contributed by atoms with Gasteiger partial charge in [-0.15, -0.1) is 11.8 Å². The Labute approximate surface area is 146 Å². The van der Waals surface area contributed by atoms with E-state index in [-0.39, 0.29) is 16.9 Å². The summed E-state index contributed by atoms with van der Waals surface area (Å²) in [5.41, 5.74) is 6.70. The number of primary amides is 1. The summed E-state index contributed by atoms with van der Waals surface area (Å²) < 4.78 is 0. The highest BCUT2D eigenvalue weighted by Crippen LogP contribution is 2.41. The Morgan fingerprint density at radius 2 is 1.83 bits per heavy atom. The summed E-state index contributed by atoms with van der Waals surface area (Å²) in [6, 6.07) is 13.6. The fourth-order valence-electron chi connectivity index (χ4n) is 3.39. The SMILES string of the molecule is NC(=O)C(Sc1ccccc1)C1CCC(c2ccc(O)cn2)CC1. The molecule has 5 heteroatoms. The fraction of sp³-hybridized carbons (Fsp3) is 0.368. The summed E-state index contributed by atoms with van der Waals surface area (Å²) in [7, 11) is 0. The predicted octanol–water partition coefficient (Wildman–Crippen LogP) is 3.71. The number of aromatic nitrogens is 1. The monoisotopic (exact) mass is 342 g/mol. The highest BCUT2D eigenvalue weighted by Gasteiger charge is 2.32. The fourth-order valence-corrected chi connectivity index (χ4v) is 4.58. The van der Waals surface area contributed by atoms with Gasteiger partial charge in [-0.2, -0.15) is 0 Å². The third kappa shape index (κ3) is 4.09. The van der Waals surface area contributed by atoms with Crippen molar-refractivity contribution in [3.63, 3.8) is 0 Å². The molecule has 1 fully saturated rings. The Kier molecular flexibility index (Phi) is 5.41. The second kappa shape index (κ2) is 7.71. The van der Waals surface area contributed by atoms with E-state index in [4.69, 9.17) is 5.73 Å². The molecule has 3 rings (SSSR count). The summed E-state index contributed by atoms with van der Waals surface area (Å²) in [5, 5.41) is 9.17. The molecule has 4 nitrogen and oxygen atoms in total. The quantitative estimate of drug-likeness (QED) is 0.812. The van der Waals surface area contributed by atoms with Gasteiger partial charge in [0, 0.05) is 16.5 Å². The van der Waals surface area contributed by atoms with E-state index in [0.29, 0.717) is 11.8 Å². The molecule has 0 radical (unpaired) electrons. The van der Waals surface area contributed by atoms with E-state index >= 15 is 0 Å². The number of benzene rings is 1. The van der Waals surface area contributed by atoms with Crippen LogP contribution in [0.15, 0.2) is 53.6 Å². The van der Waals surface area contributed by atoms with Crippen LogP contribution in [0.1, 0.15) is 37.3 Å². The van der Waals surface area contributed by atoms with Crippen LogP contribution >= 0.6 is 11.8 Å². The largest absolute Gasteiger partial charge is 0.506 e. The van der Waals surface area contributed by atoms with Crippen LogP contribution in [0, 0.1) is 5.92 Å². The Hall–Kier alpha value is -2.01. The molecular formula is C19H22N2O2S. The van der Waals surface area contributed by atoms with Crippen molar-refractivity contribution >= 4 is 17.7 Å². The van der Waals surface area contributed by atoms with E-state index in [1.807, 2.05) is 36.4 Å². The first-order valence-corrected chi connectivity index (χ1v) is 9.17. The van der Waals surface area contributed by atoms with Crippen molar-refractivity contribution in [1.29, 1.82) is 0 Å². The van der Waals surface area contributed by atoms with Crippen LogP contribution in [0.2, 0.25) is 0 Å². The maximum absolute atomic E-state index is 12.0. The van der Waals surface area contributed by atoms with Gasteiger partial charge in [0.25, 0.3) is 0 Å². The van der Waals surface area contributed by atoms with Crippen molar-refractivity contribution < 1.29 is 9.90 Å². The normalized spacial score (nSPS) is 22.0. The van der Waals surface area contributed by atoms with Gasteiger partial charge in [-0.3, -0.25) is 9.78 Å². The summed E-state index contributed by atoms with van der Waals surface area (Å²) >= 11 is 1.58. The van der Waals surface area contributed by atoms with Gasteiger partial charge in [-0.1, -0.05) is 18.2 Å². The Bertz CT molecular complexity index is 668. The average molecular weight is 342 g/mol. The summed E-state index contributed by atoms with van der Waals surface area (Å²) in [4.78, 5) is 17.4. The standard InChI is InChI=1S/C19H22N2O2S/c20-19(23)18(24-16-4-2-1-3-5-16)14-8-6-13(7-9-14)17-11-10-15(22)12-21-17/h1-5,10-14,18,22H,6-9H2,(H2,20,23). The van der Waals surface area contributed by atoms with E-state index in [1.54, 1.807) is 17.8 Å². The third-order valence-corrected chi connectivity index (χ3v) is 6.09. The molecule has 1 unspecified atom stereocenters. The van der Waals surface area contributed by atoms with E-state index in [9.17, 15) is 9.90 Å². The molecule has 24 heavy (non-hydrogen) atoms. The molecule has 126 valence electrons. The number of rotatable bonds is 5. The van der Waals surface area contributed by atoms with Crippen LogP contribution in [0.4, 0.5) is 0 Å². The van der Waals surface area contributed by atoms with Crippen molar-refractivity contribution in [1.82, 2.24) is 4.98 Å². The van der Waals surface area contributed by atoms with Crippen LogP contribution in [-0.4, -0.2) is 21.2 Å². The van der Waals surface area contributed by atoms with Crippen molar-refractivity contribution in [2.24, 2.45) is 11.7 Å². The molecule has 3 N–H and O–H groups in total. The molecule has 1 aromatic heterocycles. The summed E-state index contributed by atoms with van der Waals surface area (Å²) in [6.45, 7) is 0. The number of carbonyl (C=O) groups excluding carboxylic acids is 1. The van der Waals surface area contributed by atoms with Crippen molar-refractivity contribution in [2.45, 2.75) is 41.7 Å². The van der Waals surface area contributed by atoms with E-state index in [0.717, 1.165) is 36.3 Å². The number of thioether (sulfide) groups is 1. The maximum atomic E-state index is 12.0. The summed E-state index contributed by atoms with van der Waals surface area (Å²) in [6.07, 6.45) is 5.45. The van der Waals surface area contributed by atoms with Crippen LogP contribution in [0.25, 0.3) is 0 Å². The lowest BCUT2D eigenvalue weighted by molar-refractivity contribution is -0.118. The Balaban J connectivity index is 1.63. The zero-order valence-corrected chi connectivity index (χ0v) is 14.3. The molecule has 1 aromatic carbocycles. The van der Waals surface area contributed by atoms with Crippen molar-refractivity contribution in [2.75, 3.05) is 0 Å². The minimum absolute atomic E-state index is 0.180. The highest BCUT2D eigenvalue weighted by atomic mass is 32.2. The molecule has 0 saturated heterocycles. The molecule has 0 bridgehead atoms. The van der Waals surface area contributed by atoms with Gasteiger partial charge < -0.3 is 10.8 Å². The van der Waals surface area contributed by atoms with Gasteiger partial charge in [-0.25, -0.2) is 0 Å². The molecule has 1 saturated carbocycles. The van der Waals surface area contributed by atoms with E-state index < -0.39 is 0 Å². The van der Waals surface area contributed by atoms with Gasteiger partial charge in [-0.05, 0) is 55.9 Å². The first-order valence-electron chi connectivity index (χ1n) is 8.29. The smallest absolute Gasteiger partial charge is 0.231 e. The molecule has 0 spiro atoms. The number of carbonyl (C=O) groups is 1. The second-order valence-corrected chi connectivity index (χ2v) is 7.52. The predicted molar refractivity (Wildman–Crippen MR) is 95.9 cm³/mol. The Morgan fingerprint density at radius 1 is 1.12 bits per heavy atom. The number of aromatic hydroxyl groups is 1. The van der Waals surface area contributed by atoms with Crippen LogP contribution in [-0.2, 0) is 4.79 Å². The van der Waals surface area contributed by atoms with Gasteiger partial charge in [0.2, 0.25) is 5.91 Å². The summed E-state index contributed by atoms with van der Waals surface area (Å²) in [5.74, 6) is 0.675. The molecule has 1 heterocycles. The van der Waals surface area contributed by atoms with Gasteiger partial charge >= 0.3 is 0 Å². The van der Waals surface area contributed by atoms with Gasteiger partial charge in [0.1, 0.15) is 5.75 Å². The molecule has 2 aromatic rings. The first-order chi connectivity index (χ1) is 11.6. The second-order valence-electron chi connectivity index (χ2n) is 6.31. The zero-order valence-electron chi connectivity index (χ0n) is 13.5. The molecule has 1 amide bonds. The molecule has 1 atom stereocenters. The molecule has 1 aliphatic carbocycles. The molecule has 0 aliphatic heterocycles. The zero-order chi connectivity index (χ0) is 16.9. The minimum atomic E-state index is -0.227. The number of amides is 1. The Morgan fingerprint density at radius 3 is 2.42 bits per heavy atom. The van der Waals surface area contributed by atoms with Gasteiger partial charge in [0.05, 0.1) is 11.4 Å². The number of nitrogens with zero attached hydrogens (tertiary/aromatic N) is 1. The lowest BCUT2D eigenvalue weighted by Gasteiger charge is -2.32. The van der Waals surface area contributed by atoms with Gasteiger partial charge in [0.15, 0.2) is 0 Å². The molecular weight excluding hydrogens is 320 g/mol. The average Bonchev–Trinajstić information content (AvgIpc) is 2.61. The number of nitrogens with two attached hydrogens (primary N) is 1. The molecule has 1 aliphatic rings. The van der Waals surface area contributed by atoms with Crippen LogP contribution in [0.5, 0.6) is 5.75 Å². The first kappa shape index (κ1) is 16.8. The minimum Gasteiger partial charge on any atom is -0.506 e. The van der Waals surface area contributed by atoms with E-state index in [1.165, 1.54) is 6.20 Å². The third-order valence-electron chi connectivity index (χ3n) is 4.68. The number of hydrogen-bond donors (Lipinski definition) is 2. The van der Waals surface area contributed by atoms with Crippen LogP contribution < -0.4 is 5.73 Å². The highest BCUT2D eigenvalue weighted by molar-refractivity contribution is 8.00. The lowest BCUT2D eigenvalue weighted by atomic mass is 9.78. The lowest BCUT2D eigenvalue weighted by Crippen LogP contribution is -2.34. The van der Waals surface area contributed by atoms with Crippen molar-refractivity contribution in [3.8, 4) is 5.75 Å². The van der Waals surface area contributed by atoms with Crippen LogP contribution in [0.3, 0.4) is 0 Å². The number of hydrogen-bond acceptors (Lipinski definition) is 4. The topological polar surface area (TPSA) is 76.2 Å². The van der Waals surface area contributed by atoms with Crippen molar-refractivity contribution in [3.05, 3.63) is 54.4 Å². The van der Waals surface area contributed by atoms with E-state index in [2.05, 4.69) is 4.98 Å².